The summed E-state index contributed by atoms with van der Waals surface area (Å²) in [5, 5.41) is 0. The SMILES string of the molecule is O=C1Cc2ccccc2N=C1c1ccc(F)cc1. The molecule has 3 rings (SSSR count). The van der Waals surface area contributed by atoms with Crippen molar-refractivity contribution in [3.05, 3.63) is 65.5 Å². The molecule has 1 aliphatic rings. The monoisotopic (exact) mass is 239 g/mol. The van der Waals surface area contributed by atoms with Gasteiger partial charge in [0.1, 0.15) is 11.5 Å². The number of carbonyl (C=O) groups is 1. The van der Waals surface area contributed by atoms with Crippen molar-refractivity contribution in [3.8, 4) is 0 Å². The number of Topliss-reactive ketones (excluding diaryl/α,β-unsaturated/α-hetero) is 1. The first-order valence-corrected chi connectivity index (χ1v) is 5.70. The molecule has 0 aromatic heterocycles. The minimum absolute atomic E-state index is 0.0275. The molecular formula is C15H10FNO. The second kappa shape index (κ2) is 4.18. The van der Waals surface area contributed by atoms with Crippen LogP contribution in [0.25, 0.3) is 0 Å². The standard InChI is InChI=1S/C15H10FNO/c16-12-7-5-10(6-8-12)15-14(18)9-11-3-1-2-4-13(11)17-15/h1-8H,9H2. The lowest BCUT2D eigenvalue weighted by atomic mass is 9.96. The average Bonchev–Trinajstić information content (AvgIpc) is 2.39. The summed E-state index contributed by atoms with van der Waals surface area (Å²) in [4.78, 5) is 16.4. The molecule has 1 heterocycles. The third-order valence-corrected chi connectivity index (χ3v) is 2.96. The molecule has 0 N–H and O–H groups in total. The van der Waals surface area contributed by atoms with Gasteiger partial charge in [-0.2, -0.15) is 0 Å². The van der Waals surface area contributed by atoms with E-state index in [0.29, 0.717) is 17.7 Å². The van der Waals surface area contributed by atoms with Crippen molar-refractivity contribution in [1.29, 1.82) is 0 Å². The number of halogens is 1. The molecule has 0 bridgehead atoms. The summed E-state index contributed by atoms with van der Waals surface area (Å²) >= 11 is 0. The molecule has 2 aromatic rings. The van der Waals surface area contributed by atoms with Gasteiger partial charge in [-0.15, -0.1) is 0 Å². The highest BCUT2D eigenvalue weighted by molar-refractivity contribution is 6.47. The number of para-hydroxylation sites is 1. The molecule has 0 spiro atoms. The molecule has 3 heteroatoms. The first-order valence-electron chi connectivity index (χ1n) is 5.70. The lowest BCUT2D eigenvalue weighted by molar-refractivity contribution is -0.112. The molecule has 0 fully saturated rings. The molecule has 0 amide bonds. The summed E-state index contributed by atoms with van der Waals surface area (Å²) < 4.78 is 12.9. The van der Waals surface area contributed by atoms with Crippen LogP contribution in [-0.2, 0) is 11.2 Å². The van der Waals surface area contributed by atoms with Crippen LogP contribution < -0.4 is 0 Å². The Balaban J connectivity index is 2.10. The minimum Gasteiger partial charge on any atom is -0.292 e. The van der Waals surface area contributed by atoms with Crippen LogP contribution in [0.3, 0.4) is 0 Å². The van der Waals surface area contributed by atoms with Gasteiger partial charge in [0, 0.05) is 12.0 Å². The van der Waals surface area contributed by atoms with Gasteiger partial charge in [0.05, 0.1) is 5.69 Å². The van der Waals surface area contributed by atoms with Gasteiger partial charge in [-0.1, -0.05) is 18.2 Å². The topological polar surface area (TPSA) is 29.4 Å². The maximum atomic E-state index is 12.9. The number of fused-ring (bicyclic) bond motifs is 1. The van der Waals surface area contributed by atoms with Gasteiger partial charge in [-0.05, 0) is 35.9 Å². The third kappa shape index (κ3) is 1.84. The maximum absolute atomic E-state index is 12.9. The van der Waals surface area contributed by atoms with Gasteiger partial charge in [0.25, 0.3) is 0 Å². The van der Waals surface area contributed by atoms with E-state index in [1.165, 1.54) is 12.1 Å². The van der Waals surface area contributed by atoms with E-state index >= 15 is 0 Å². The van der Waals surface area contributed by atoms with Gasteiger partial charge >= 0.3 is 0 Å². The minimum atomic E-state index is -0.317. The van der Waals surface area contributed by atoms with Crippen LogP contribution in [0.4, 0.5) is 10.1 Å². The van der Waals surface area contributed by atoms with E-state index in [2.05, 4.69) is 4.99 Å². The zero-order chi connectivity index (χ0) is 12.5. The summed E-state index contributed by atoms with van der Waals surface area (Å²) in [7, 11) is 0. The molecule has 18 heavy (non-hydrogen) atoms. The molecule has 0 unspecified atom stereocenters. The molecule has 88 valence electrons. The number of carbonyl (C=O) groups excluding carboxylic acids is 1. The molecule has 2 nitrogen and oxygen atoms in total. The Morgan fingerprint density at radius 3 is 2.50 bits per heavy atom. The predicted octanol–water partition coefficient (Wildman–Crippen LogP) is 3.07. The molecular weight excluding hydrogens is 229 g/mol. The van der Waals surface area contributed by atoms with Crippen molar-refractivity contribution in [2.45, 2.75) is 6.42 Å². The molecule has 0 aliphatic carbocycles. The van der Waals surface area contributed by atoms with E-state index in [1.54, 1.807) is 12.1 Å². The predicted molar refractivity (Wildman–Crippen MR) is 67.8 cm³/mol. The van der Waals surface area contributed by atoms with Crippen molar-refractivity contribution >= 4 is 17.2 Å². The number of rotatable bonds is 1. The van der Waals surface area contributed by atoms with Crippen molar-refractivity contribution in [1.82, 2.24) is 0 Å². The highest BCUT2D eigenvalue weighted by atomic mass is 19.1. The van der Waals surface area contributed by atoms with Crippen molar-refractivity contribution < 1.29 is 9.18 Å². The van der Waals surface area contributed by atoms with Gasteiger partial charge in [-0.25, -0.2) is 9.38 Å². The number of hydrogen-bond acceptors (Lipinski definition) is 2. The van der Waals surface area contributed by atoms with Gasteiger partial charge in [0.15, 0.2) is 5.78 Å². The van der Waals surface area contributed by atoms with Crippen molar-refractivity contribution in [3.63, 3.8) is 0 Å². The van der Waals surface area contributed by atoms with E-state index < -0.39 is 0 Å². The largest absolute Gasteiger partial charge is 0.292 e. The Morgan fingerprint density at radius 2 is 1.72 bits per heavy atom. The molecule has 0 radical (unpaired) electrons. The van der Waals surface area contributed by atoms with Crippen LogP contribution in [0.2, 0.25) is 0 Å². The number of nitrogens with zero attached hydrogens (tertiary/aromatic N) is 1. The fraction of sp³-hybridized carbons (Fsp3) is 0.0667. The van der Waals surface area contributed by atoms with Crippen LogP contribution in [0.15, 0.2) is 53.5 Å². The normalized spacial score (nSPS) is 14.1. The number of ketones is 1. The Bertz CT molecular complexity index is 644. The first-order chi connectivity index (χ1) is 8.74. The fourth-order valence-corrected chi connectivity index (χ4v) is 2.04. The first kappa shape index (κ1) is 10.8. The van der Waals surface area contributed by atoms with Crippen LogP contribution >= 0.6 is 0 Å². The number of aliphatic imine (C=N–C) groups is 1. The summed E-state index contributed by atoms with van der Waals surface area (Å²) in [5.74, 6) is -0.344. The average molecular weight is 239 g/mol. The smallest absolute Gasteiger partial charge is 0.186 e. The molecule has 1 aliphatic heterocycles. The van der Waals surface area contributed by atoms with Gasteiger partial charge in [0.2, 0.25) is 0 Å². The molecule has 0 saturated heterocycles. The lowest BCUT2D eigenvalue weighted by Gasteiger charge is -2.14. The van der Waals surface area contributed by atoms with Gasteiger partial charge in [-0.3, -0.25) is 4.79 Å². The Morgan fingerprint density at radius 1 is 1.00 bits per heavy atom. The second-order valence-corrected chi connectivity index (χ2v) is 4.20. The summed E-state index contributed by atoms with van der Waals surface area (Å²) in [6.45, 7) is 0. The Labute approximate surface area is 104 Å². The number of hydrogen-bond donors (Lipinski definition) is 0. The van der Waals surface area contributed by atoms with Crippen molar-refractivity contribution in [2.24, 2.45) is 4.99 Å². The molecule has 0 saturated carbocycles. The van der Waals surface area contributed by atoms with Gasteiger partial charge < -0.3 is 0 Å². The Kier molecular flexibility index (Phi) is 2.52. The molecule has 2 aromatic carbocycles. The van der Waals surface area contributed by atoms with Crippen LogP contribution in [-0.4, -0.2) is 11.5 Å². The summed E-state index contributed by atoms with van der Waals surface area (Å²) in [6, 6.07) is 13.4. The van der Waals surface area contributed by atoms with Crippen LogP contribution in [0, 0.1) is 5.82 Å². The lowest BCUT2D eigenvalue weighted by Crippen LogP contribution is -2.21. The second-order valence-electron chi connectivity index (χ2n) is 4.20. The maximum Gasteiger partial charge on any atom is 0.186 e. The van der Waals surface area contributed by atoms with E-state index in [0.717, 1.165) is 11.3 Å². The molecule has 0 atom stereocenters. The highest BCUT2D eigenvalue weighted by Crippen LogP contribution is 2.25. The van der Waals surface area contributed by atoms with Crippen LogP contribution in [0.5, 0.6) is 0 Å². The fourth-order valence-electron chi connectivity index (χ4n) is 2.04. The highest BCUT2D eigenvalue weighted by Gasteiger charge is 2.21. The summed E-state index contributed by atoms with van der Waals surface area (Å²) in [5.41, 5.74) is 2.83. The zero-order valence-electron chi connectivity index (χ0n) is 9.56. The quantitative estimate of drug-likeness (QED) is 0.752. The van der Waals surface area contributed by atoms with E-state index in [4.69, 9.17) is 0 Å². The van der Waals surface area contributed by atoms with Crippen molar-refractivity contribution in [2.75, 3.05) is 0 Å². The van der Waals surface area contributed by atoms with E-state index in [9.17, 15) is 9.18 Å². The number of benzene rings is 2. The van der Waals surface area contributed by atoms with Crippen LogP contribution in [0.1, 0.15) is 11.1 Å². The third-order valence-electron chi connectivity index (χ3n) is 2.96. The zero-order valence-corrected chi connectivity index (χ0v) is 9.56. The Hall–Kier alpha value is -2.29. The van der Waals surface area contributed by atoms with E-state index in [-0.39, 0.29) is 11.6 Å². The summed E-state index contributed by atoms with van der Waals surface area (Å²) in [6.07, 6.45) is 0.354. The van der Waals surface area contributed by atoms with E-state index in [1.807, 2.05) is 24.3 Å².